The van der Waals surface area contributed by atoms with E-state index in [0.29, 0.717) is 10.2 Å². The molecule has 0 atom stereocenters. The summed E-state index contributed by atoms with van der Waals surface area (Å²) in [5.74, 6) is 0.634. The first-order chi connectivity index (χ1) is 4.59. The van der Waals surface area contributed by atoms with Gasteiger partial charge in [0, 0.05) is 6.72 Å². The van der Waals surface area contributed by atoms with Gasteiger partial charge in [-0.15, -0.1) is 0 Å². The summed E-state index contributed by atoms with van der Waals surface area (Å²) in [6.07, 6.45) is 0. The molecule has 56 valence electrons. The molecule has 0 aromatic heterocycles. The Bertz CT molecular complexity index is 180. The quantitative estimate of drug-likeness (QED) is 0.300. The van der Waals surface area contributed by atoms with Gasteiger partial charge in [-0.1, -0.05) is 11.7 Å². The van der Waals surface area contributed by atoms with Gasteiger partial charge in [0.1, 0.15) is 0 Å². The summed E-state index contributed by atoms with van der Waals surface area (Å²) in [5, 5.41) is 3.28. The Kier molecular flexibility index (Phi) is 4.03. The minimum Gasteiger partial charge on any atom is -0.357 e. The normalized spacial score (nSPS) is 8.30. The number of rotatable bonds is 3. The van der Waals surface area contributed by atoms with Crippen molar-refractivity contribution in [1.29, 1.82) is 0 Å². The van der Waals surface area contributed by atoms with E-state index in [-0.39, 0.29) is 0 Å². The van der Waals surface area contributed by atoms with Gasteiger partial charge in [-0.25, -0.2) is 0 Å². The van der Waals surface area contributed by atoms with Crippen LogP contribution in [0.5, 0.6) is 0 Å². The Morgan fingerprint density at radius 1 is 1.50 bits per heavy atom. The van der Waals surface area contributed by atoms with Crippen molar-refractivity contribution in [3.63, 3.8) is 0 Å². The first-order valence-electron chi connectivity index (χ1n) is 2.75. The maximum atomic E-state index is 4.81. The fraction of sp³-hybridized carbons (Fsp3) is 0.286. The minimum atomic E-state index is 0.634. The minimum absolute atomic E-state index is 0.634. The maximum absolute atomic E-state index is 4.81. The Morgan fingerprint density at radius 3 is 2.10 bits per heavy atom. The summed E-state index contributed by atoms with van der Waals surface area (Å²) >= 11 is 3.18. The number of hydrogen-bond donors (Lipinski definition) is 0. The van der Waals surface area contributed by atoms with Crippen LogP contribution in [-0.2, 0) is 4.84 Å². The molecule has 0 aliphatic heterocycles. The molecule has 0 bridgehead atoms. The summed E-state index contributed by atoms with van der Waals surface area (Å²) in [7, 11) is 0. The zero-order chi connectivity index (χ0) is 8.15. The molecule has 3 heteroatoms. The average Bonchev–Trinajstić information content (AvgIpc) is 1.81. The molecule has 0 fully saturated rings. The third-order valence-electron chi connectivity index (χ3n) is 0.856. The van der Waals surface area contributed by atoms with Crippen molar-refractivity contribution >= 4 is 22.6 Å². The molecule has 0 rings (SSSR count). The van der Waals surface area contributed by atoms with Crippen molar-refractivity contribution in [2.45, 2.75) is 13.8 Å². The van der Waals surface area contributed by atoms with Crippen molar-refractivity contribution < 1.29 is 4.84 Å². The first-order valence-corrected chi connectivity index (χ1v) is 3.54. The molecule has 0 unspecified atom stereocenters. The molecular weight excluding hydrogens is 194 g/mol. The van der Waals surface area contributed by atoms with E-state index in [1.807, 2.05) is 13.8 Å². The Balaban J connectivity index is 4.42. The van der Waals surface area contributed by atoms with Gasteiger partial charge < -0.3 is 4.84 Å². The second-order valence-corrected chi connectivity index (χ2v) is 2.91. The molecule has 0 aliphatic carbocycles. The number of halogens is 1. The van der Waals surface area contributed by atoms with Crippen LogP contribution in [0.4, 0.5) is 0 Å². The second kappa shape index (κ2) is 4.28. The summed E-state index contributed by atoms with van der Waals surface area (Å²) in [6.45, 7) is 10.7. The van der Waals surface area contributed by atoms with Crippen molar-refractivity contribution in [3.8, 4) is 0 Å². The van der Waals surface area contributed by atoms with Crippen LogP contribution in [0.1, 0.15) is 13.8 Å². The van der Waals surface area contributed by atoms with E-state index < -0.39 is 0 Å². The molecule has 0 amide bonds. The Morgan fingerprint density at radius 2 is 2.00 bits per heavy atom. The first kappa shape index (κ1) is 9.43. The fourth-order valence-corrected chi connectivity index (χ4v) is 0.946. The average molecular weight is 204 g/mol. The molecular formula is C7H10BrNO. The highest BCUT2D eigenvalue weighted by molar-refractivity contribution is 9.11. The van der Waals surface area contributed by atoms with E-state index in [1.54, 1.807) is 0 Å². The number of allylic oxidation sites excluding steroid dienone is 2. The lowest BCUT2D eigenvalue weighted by atomic mass is 10.3. The molecule has 0 aromatic carbocycles. The molecule has 0 aromatic rings. The van der Waals surface area contributed by atoms with E-state index in [9.17, 15) is 0 Å². The lowest BCUT2D eigenvalue weighted by Crippen LogP contribution is -1.86. The summed E-state index contributed by atoms with van der Waals surface area (Å²) in [5.41, 5.74) is 1.01. The Labute approximate surface area is 69.4 Å². The third-order valence-corrected chi connectivity index (χ3v) is 1.22. The van der Waals surface area contributed by atoms with E-state index in [4.69, 9.17) is 4.84 Å². The van der Waals surface area contributed by atoms with E-state index in [2.05, 4.69) is 34.4 Å². The van der Waals surface area contributed by atoms with Crippen molar-refractivity contribution in [2.24, 2.45) is 5.16 Å². The predicted octanol–water partition coefficient (Wildman–Crippen LogP) is 2.82. The summed E-state index contributed by atoms with van der Waals surface area (Å²) < 4.78 is 0.680. The van der Waals surface area contributed by atoms with E-state index in [0.717, 1.165) is 5.57 Å². The van der Waals surface area contributed by atoms with Crippen molar-refractivity contribution in [3.05, 3.63) is 22.4 Å². The highest BCUT2D eigenvalue weighted by Gasteiger charge is 2.01. The lowest BCUT2D eigenvalue weighted by molar-refractivity contribution is 0.240. The third kappa shape index (κ3) is 2.82. The molecule has 0 aliphatic rings. The number of hydrogen-bond acceptors (Lipinski definition) is 2. The van der Waals surface area contributed by atoms with E-state index >= 15 is 0 Å². The van der Waals surface area contributed by atoms with Crippen LogP contribution in [0.2, 0.25) is 0 Å². The molecule has 0 heterocycles. The van der Waals surface area contributed by atoms with Gasteiger partial charge in [0.2, 0.25) is 0 Å². The molecule has 0 saturated carbocycles. The largest absolute Gasteiger partial charge is 0.357 e. The van der Waals surface area contributed by atoms with Crippen LogP contribution in [0.15, 0.2) is 27.5 Å². The van der Waals surface area contributed by atoms with Gasteiger partial charge in [-0.05, 0) is 35.4 Å². The zero-order valence-electron chi connectivity index (χ0n) is 6.15. The summed E-state index contributed by atoms with van der Waals surface area (Å²) in [4.78, 5) is 4.81. The van der Waals surface area contributed by atoms with Crippen LogP contribution in [0.25, 0.3) is 0 Å². The maximum Gasteiger partial charge on any atom is 0.170 e. The van der Waals surface area contributed by atoms with Crippen LogP contribution >= 0.6 is 15.9 Å². The SMILES string of the molecule is C=NOC(C(=C)Br)=C(C)C. The highest BCUT2D eigenvalue weighted by atomic mass is 79.9. The van der Waals surface area contributed by atoms with Crippen molar-refractivity contribution in [1.82, 2.24) is 0 Å². The Hall–Kier alpha value is -0.570. The van der Waals surface area contributed by atoms with Gasteiger partial charge in [0.15, 0.2) is 5.76 Å². The standard InChI is InChI=1S/C7H10BrNO/c1-5(2)7(6(3)8)10-9-4/h3-4H2,1-2H3. The summed E-state index contributed by atoms with van der Waals surface area (Å²) in [6, 6.07) is 0. The molecule has 2 nitrogen and oxygen atoms in total. The van der Waals surface area contributed by atoms with Gasteiger partial charge in [0.05, 0.1) is 4.48 Å². The van der Waals surface area contributed by atoms with Gasteiger partial charge in [-0.2, -0.15) is 0 Å². The topological polar surface area (TPSA) is 21.6 Å². The predicted molar refractivity (Wildman–Crippen MR) is 47.1 cm³/mol. The van der Waals surface area contributed by atoms with Gasteiger partial charge in [0.25, 0.3) is 0 Å². The van der Waals surface area contributed by atoms with E-state index in [1.165, 1.54) is 0 Å². The van der Waals surface area contributed by atoms with Gasteiger partial charge in [-0.3, -0.25) is 0 Å². The van der Waals surface area contributed by atoms with Crippen molar-refractivity contribution in [2.75, 3.05) is 0 Å². The number of oxime groups is 1. The zero-order valence-corrected chi connectivity index (χ0v) is 7.73. The molecule has 0 saturated heterocycles. The molecule has 10 heavy (non-hydrogen) atoms. The van der Waals surface area contributed by atoms with Crippen LogP contribution in [-0.4, -0.2) is 6.72 Å². The second-order valence-electron chi connectivity index (χ2n) is 1.95. The lowest BCUT2D eigenvalue weighted by Gasteiger charge is -2.02. The molecule has 0 radical (unpaired) electrons. The number of nitrogens with zero attached hydrogens (tertiary/aromatic N) is 1. The molecule has 0 N–H and O–H groups in total. The molecule has 0 spiro atoms. The van der Waals surface area contributed by atoms with Crippen LogP contribution in [0.3, 0.4) is 0 Å². The highest BCUT2D eigenvalue weighted by Crippen LogP contribution is 2.19. The van der Waals surface area contributed by atoms with Crippen LogP contribution < -0.4 is 0 Å². The van der Waals surface area contributed by atoms with Gasteiger partial charge >= 0.3 is 0 Å². The monoisotopic (exact) mass is 203 g/mol. The van der Waals surface area contributed by atoms with Crippen LogP contribution in [0, 0.1) is 0 Å². The smallest absolute Gasteiger partial charge is 0.170 e. The fourth-order valence-electron chi connectivity index (χ4n) is 0.477.